The molecule has 3 rings (SSSR count). The van der Waals surface area contributed by atoms with Crippen LogP contribution >= 0.6 is 0 Å². The Morgan fingerprint density at radius 2 is 1.96 bits per heavy atom. The van der Waals surface area contributed by atoms with Gasteiger partial charge in [0, 0.05) is 32.2 Å². The second kappa shape index (κ2) is 9.11. The molecule has 4 nitrogen and oxygen atoms in total. The first-order valence-corrected chi connectivity index (χ1v) is 9.52. The fraction of sp³-hybridized carbons (Fsp3) is 0.409. The summed E-state index contributed by atoms with van der Waals surface area (Å²) in [6.07, 6.45) is -0.102. The molecule has 2 aromatic carbocycles. The van der Waals surface area contributed by atoms with Crippen molar-refractivity contribution in [3.8, 4) is 0 Å². The van der Waals surface area contributed by atoms with Crippen LogP contribution in [0.15, 0.2) is 54.6 Å². The van der Waals surface area contributed by atoms with E-state index in [0.717, 1.165) is 26.1 Å². The van der Waals surface area contributed by atoms with E-state index < -0.39 is 11.9 Å². The van der Waals surface area contributed by atoms with Gasteiger partial charge in [-0.3, -0.25) is 9.69 Å². The molecular formula is C22H27FN2O2. The highest BCUT2D eigenvalue weighted by Crippen LogP contribution is 2.21. The Hall–Kier alpha value is -2.24. The highest BCUT2D eigenvalue weighted by Gasteiger charge is 2.27. The lowest BCUT2D eigenvalue weighted by atomic mass is 10.1. The van der Waals surface area contributed by atoms with E-state index in [4.69, 9.17) is 0 Å². The Balaban J connectivity index is 1.59. The standard InChI is InChI=1S/C22H27FN2O2/c1-17-15-24(16-18-7-3-2-4-8-18)11-6-12-25(17)22(27)14-21(26)19-9-5-10-20(23)13-19/h2-5,7-10,13,17,21,26H,6,11-12,14-16H2,1H3. The Labute approximate surface area is 160 Å². The Morgan fingerprint density at radius 1 is 1.19 bits per heavy atom. The third kappa shape index (κ3) is 5.37. The topological polar surface area (TPSA) is 43.8 Å². The molecule has 2 atom stereocenters. The van der Waals surface area contributed by atoms with Crippen LogP contribution in [0.5, 0.6) is 0 Å². The third-order valence-corrected chi connectivity index (χ3v) is 5.10. The van der Waals surface area contributed by atoms with E-state index in [2.05, 4.69) is 24.0 Å². The van der Waals surface area contributed by atoms with E-state index in [1.807, 2.05) is 23.1 Å². The monoisotopic (exact) mass is 370 g/mol. The summed E-state index contributed by atoms with van der Waals surface area (Å²) < 4.78 is 13.3. The summed E-state index contributed by atoms with van der Waals surface area (Å²) in [6.45, 7) is 5.35. The number of carbonyl (C=O) groups is 1. The molecule has 1 fully saturated rings. The number of amides is 1. The SMILES string of the molecule is CC1CN(Cc2ccccc2)CCCN1C(=O)CC(O)c1cccc(F)c1. The Kier molecular flexibility index (Phi) is 6.58. The summed E-state index contributed by atoms with van der Waals surface area (Å²) in [7, 11) is 0. The number of aliphatic hydroxyl groups excluding tert-OH is 1. The van der Waals surface area contributed by atoms with Crippen LogP contribution in [0.3, 0.4) is 0 Å². The molecule has 2 aromatic rings. The van der Waals surface area contributed by atoms with Gasteiger partial charge in [0.05, 0.1) is 12.5 Å². The number of aliphatic hydroxyl groups is 1. The number of carbonyl (C=O) groups excluding carboxylic acids is 1. The number of hydrogen-bond donors (Lipinski definition) is 1. The molecule has 0 aliphatic carbocycles. The predicted molar refractivity (Wildman–Crippen MR) is 103 cm³/mol. The van der Waals surface area contributed by atoms with Crippen molar-refractivity contribution in [1.29, 1.82) is 0 Å². The van der Waals surface area contributed by atoms with Gasteiger partial charge in [0.25, 0.3) is 0 Å². The first kappa shape index (κ1) is 19.5. The van der Waals surface area contributed by atoms with Crippen molar-refractivity contribution >= 4 is 5.91 Å². The maximum absolute atomic E-state index is 13.3. The van der Waals surface area contributed by atoms with E-state index in [0.29, 0.717) is 12.1 Å². The van der Waals surface area contributed by atoms with E-state index in [1.54, 1.807) is 12.1 Å². The van der Waals surface area contributed by atoms with Crippen molar-refractivity contribution < 1.29 is 14.3 Å². The fourth-order valence-electron chi connectivity index (χ4n) is 3.72. The first-order valence-electron chi connectivity index (χ1n) is 9.52. The Bertz CT molecular complexity index is 753. The van der Waals surface area contributed by atoms with E-state index in [1.165, 1.54) is 17.7 Å². The van der Waals surface area contributed by atoms with Crippen LogP contribution in [0.2, 0.25) is 0 Å². The van der Waals surface area contributed by atoms with Gasteiger partial charge < -0.3 is 10.0 Å². The molecule has 2 unspecified atom stereocenters. The molecule has 1 N–H and O–H groups in total. The summed E-state index contributed by atoms with van der Waals surface area (Å²) in [4.78, 5) is 17.0. The van der Waals surface area contributed by atoms with Gasteiger partial charge in [0.1, 0.15) is 5.82 Å². The summed E-state index contributed by atoms with van der Waals surface area (Å²) in [5.41, 5.74) is 1.71. The molecule has 27 heavy (non-hydrogen) atoms. The average molecular weight is 370 g/mol. The van der Waals surface area contributed by atoms with Gasteiger partial charge in [0.2, 0.25) is 5.91 Å². The molecule has 1 heterocycles. The quantitative estimate of drug-likeness (QED) is 0.878. The smallest absolute Gasteiger partial charge is 0.225 e. The van der Waals surface area contributed by atoms with Crippen LogP contribution in [0.1, 0.15) is 37.0 Å². The van der Waals surface area contributed by atoms with Gasteiger partial charge >= 0.3 is 0 Å². The molecule has 5 heteroatoms. The average Bonchev–Trinajstić information content (AvgIpc) is 2.83. The van der Waals surface area contributed by atoms with Gasteiger partial charge in [-0.05, 0) is 36.6 Å². The summed E-state index contributed by atoms with van der Waals surface area (Å²) in [5, 5.41) is 10.3. The van der Waals surface area contributed by atoms with Crippen molar-refractivity contribution in [3.05, 3.63) is 71.5 Å². The number of hydrogen-bond acceptors (Lipinski definition) is 3. The van der Waals surface area contributed by atoms with Crippen LogP contribution in [0, 0.1) is 5.82 Å². The maximum atomic E-state index is 13.3. The normalized spacial score (nSPS) is 19.5. The van der Waals surface area contributed by atoms with Gasteiger partial charge in [-0.1, -0.05) is 42.5 Å². The lowest BCUT2D eigenvalue weighted by molar-refractivity contribution is -0.135. The van der Waals surface area contributed by atoms with Crippen molar-refractivity contribution in [2.45, 2.75) is 38.5 Å². The summed E-state index contributed by atoms with van der Waals surface area (Å²) >= 11 is 0. The Morgan fingerprint density at radius 3 is 2.70 bits per heavy atom. The van der Waals surface area contributed by atoms with Crippen molar-refractivity contribution in [2.24, 2.45) is 0 Å². The van der Waals surface area contributed by atoms with Crippen molar-refractivity contribution in [3.63, 3.8) is 0 Å². The van der Waals surface area contributed by atoms with Crippen LogP contribution in [-0.2, 0) is 11.3 Å². The predicted octanol–water partition coefficient (Wildman–Crippen LogP) is 3.37. The van der Waals surface area contributed by atoms with Gasteiger partial charge in [-0.15, -0.1) is 0 Å². The fourth-order valence-corrected chi connectivity index (χ4v) is 3.72. The zero-order valence-electron chi connectivity index (χ0n) is 15.7. The van der Waals surface area contributed by atoms with Crippen LogP contribution in [0.4, 0.5) is 4.39 Å². The zero-order valence-corrected chi connectivity index (χ0v) is 15.7. The largest absolute Gasteiger partial charge is 0.388 e. The molecular weight excluding hydrogens is 343 g/mol. The van der Waals surface area contributed by atoms with Gasteiger partial charge in [-0.25, -0.2) is 4.39 Å². The molecule has 1 aliphatic heterocycles. The minimum Gasteiger partial charge on any atom is -0.388 e. The van der Waals surface area contributed by atoms with E-state index >= 15 is 0 Å². The van der Waals surface area contributed by atoms with Gasteiger partial charge in [0.15, 0.2) is 0 Å². The number of rotatable bonds is 5. The number of nitrogens with zero attached hydrogens (tertiary/aromatic N) is 2. The molecule has 0 saturated carbocycles. The minimum atomic E-state index is -0.982. The van der Waals surface area contributed by atoms with Crippen LogP contribution in [0.25, 0.3) is 0 Å². The molecule has 1 aliphatic rings. The molecule has 0 bridgehead atoms. The van der Waals surface area contributed by atoms with E-state index in [-0.39, 0.29) is 18.4 Å². The highest BCUT2D eigenvalue weighted by atomic mass is 19.1. The summed E-state index contributed by atoms with van der Waals surface area (Å²) in [6, 6.07) is 16.2. The molecule has 0 spiro atoms. The maximum Gasteiger partial charge on any atom is 0.225 e. The lowest BCUT2D eigenvalue weighted by Gasteiger charge is -2.30. The third-order valence-electron chi connectivity index (χ3n) is 5.10. The molecule has 1 saturated heterocycles. The van der Waals surface area contributed by atoms with Crippen LogP contribution in [-0.4, -0.2) is 46.5 Å². The van der Waals surface area contributed by atoms with Gasteiger partial charge in [-0.2, -0.15) is 0 Å². The number of halogens is 1. The van der Waals surface area contributed by atoms with Crippen molar-refractivity contribution in [1.82, 2.24) is 9.80 Å². The lowest BCUT2D eigenvalue weighted by Crippen LogP contribution is -2.42. The van der Waals surface area contributed by atoms with E-state index in [9.17, 15) is 14.3 Å². The molecule has 144 valence electrons. The summed E-state index contributed by atoms with van der Waals surface area (Å²) in [5.74, 6) is -0.487. The second-order valence-electron chi connectivity index (χ2n) is 7.29. The van der Waals surface area contributed by atoms with Crippen LogP contribution < -0.4 is 0 Å². The first-order chi connectivity index (χ1) is 13.0. The molecule has 0 aromatic heterocycles. The highest BCUT2D eigenvalue weighted by molar-refractivity contribution is 5.77. The number of benzene rings is 2. The minimum absolute atomic E-state index is 0.0214. The van der Waals surface area contributed by atoms with Crippen molar-refractivity contribution in [2.75, 3.05) is 19.6 Å². The molecule has 1 amide bonds. The second-order valence-corrected chi connectivity index (χ2v) is 7.29. The molecule has 0 radical (unpaired) electrons. The zero-order chi connectivity index (χ0) is 19.2.